The van der Waals surface area contributed by atoms with Crippen LogP contribution in [0.4, 0.5) is 0 Å². The highest BCUT2D eigenvalue weighted by Crippen LogP contribution is 2.33. The van der Waals surface area contributed by atoms with Gasteiger partial charge in [0.25, 0.3) is 0 Å². The normalized spacial score (nSPS) is 29.4. The fraction of sp³-hybridized carbons (Fsp3) is 0.929. The van der Waals surface area contributed by atoms with Crippen molar-refractivity contribution in [3.8, 4) is 0 Å². The highest BCUT2D eigenvalue weighted by Gasteiger charge is 2.30. The molecular weight excluding hydrogens is 212 g/mol. The summed E-state index contributed by atoms with van der Waals surface area (Å²) in [5.41, 5.74) is 0. The molecule has 3 nitrogen and oxygen atoms in total. The number of hydrogen-bond acceptors (Lipinski definition) is 2. The largest absolute Gasteiger partial charge is 0.359 e. The van der Waals surface area contributed by atoms with Gasteiger partial charge in [-0.15, -0.1) is 0 Å². The predicted molar refractivity (Wildman–Crippen MR) is 71.8 cm³/mol. The Morgan fingerprint density at radius 1 is 1.35 bits per heavy atom. The van der Waals surface area contributed by atoms with Crippen molar-refractivity contribution >= 4 is 5.91 Å². The molecule has 1 saturated carbocycles. The molecule has 0 radical (unpaired) electrons. The quantitative estimate of drug-likeness (QED) is 0.773. The zero-order valence-electron chi connectivity index (χ0n) is 11.8. The van der Waals surface area contributed by atoms with E-state index >= 15 is 0 Å². The second-order valence-corrected chi connectivity index (χ2v) is 5.81. The minimum absolute atomic E-state index is 0.127. The lowest BCUT2D eigenvalue weighted by atomic mass is 9.74. The number of amides is 1. The molecular formula is C14H28N2O. The molecule has 0 spiro atoms. The van der Waals surface area contributed by atoms with Crippen molar-refractivity contribution in [2.75, 3.05) is 13.6 Å². The lowest BCUT2D eigenvalue weighted by molar-refractivity contribution is -0.120. The number of carbonyl (C=O) groups excluding carboxylic acids is 1. The molecule has 0 aliphatic heterocycles. The summed E-state index contributed by atoms with van der Waals surface area (Å²) in [5.74, 6) is 2.46. The molecule has 17 heavy (non-hydrogen) atoms. The van der Waals surface area contributed by atoms with E-state index in [1.54, 1.807) is 7.05 Å². The smallest absolute Gasteiger partial charge is 0.221 e. The van der Waals surface area contributed by atoms with Crippen molar-refractivity contribution in [3.05, 3.63) is 0 Å². The molecule has 100 valence electrons. The number of nitrogens with one attached hydrogen (secondary N) is 2. The summed E-state index contributed by atoms with van der Waals surface area (Å²) in [6.45, 7) is 7.77. The van der Waals surface area contributed by atoms with Crippen LogP contribution in [0.5, 0.6) is 0 Å². The van der Waals surface area contributed by atoms with Crippen LogP contribution >= 0.6 is 0 Å². The van der Waals surface area contributed by atoms with Crippen molar-refractivity contribution in [1.82, 2.24) is 10.6 Å². The van der Waals surface area contributed by atoms with E-state index in [0.29, 0.717) is 12.5 Å². The molecule has 2 N–H and O–H groups in total. The minimum atomic E-state index is 0.127. The molecule has 3 heteroatoms. The van der Waals surface area contributed by atoms with Gasteiger partial charge in [0.15, 0.2) is 0 Å². The van der Waals surface area contributed by atoms with Gasteiger partial charge in [-0.25, -0.2) is 0 Å². The van der Waals surface area contributed by atoms with E-state index in [1.807, 2.05) is 0 Å². The standard InChI is InChI=1S/C14H28N2O/c1-10(2)12-6-5-11(3)9-13(12)16-8-7-14(17)15-4/h10-13,16H,5-9H2,1-4H3,(H,15,17). The number of carbonyl (C=O) groups is 1. The van der Waals surface area contributed by atoms with E-state index in [-0.39, 0.29) is 5.91 Å². The van der Waals surface area contributed by atoms with Gasteiger partial charge in [0.05, 0.1) is 0 Å². The molecule has 0 aromatic rings. The highest BCUT2D eigenvalue weighted by atomic mass is 16.1. The molecule has 0 aromatic heterocycles. The van der Waals surface area contributed by atoms with E-state index in [0.717, 1.165) is 24.3 Å². The molecule has 0 aromatic carbocycles. The van der Waals surface area contributed by atoms with Gasteiger partial charge < -0.3 is 10.6 Å². The summed E-state index contributed by atoms with van der Waals surface area (Å²) < 4.78 is 0. The molecule has 3 unspecified atom stereocenters. The SMILES string of the molecule is CNC(=O)CCNC1CC(C)CCC1C(C)C. The maximum absolute atomic E-state index is 11.2. The van der Waals surface area contributed by atoms with Gasteiger partial charge in [-0.1, -0.05) is 27.2 Å². The third-order valence-corrected chi connectivity index (χ3v) is 4.06. The summed E-state index contributed by atoms with van der Waals surface area (Å²) in [4.78, 5) is 11.2. The van der Waals surface area contributed by atoms with Crippen LogP contribution in [0.15, 0.2) is 0 Å². The van der Waals surface area contributed by atoms with E-state index in [4.69, 9.17) is 0 Å². The Labute approximate surface area is 106 Å². The maximum atomic E-state index is 11.2. The van der Waals surface area contributed by atoms with Crippen LogP contribution in [0, 0.1) is 17.8 Å². The molecule has 1 rings (SSSR count). The average Bonchev–Trinajstić information content (AvgIpc) is 2.28. The zero-order valence-corrected chi connectivity index (χ0v) is 11.8. The number of rotatable bonds is 5. The fourth-order valence-electron chi connectivity index (χ4n) is 2.93. The first-order chi connectivity index (χ1) is 8.04. The molecule has 3 atom stereocenters. The van der Waals surface area contributed by atoms with Crippen molar-refractivity contribution < 1.29 is 4.79 Å². The van der Waals surface area contributed by atoms with Gasteiger partial charge in [-0.05, 0) is 30.6 Å². The van der Waals surface area contributed by atoms with Crippen LogP contribution in [-0.2, 0) is 4.79 Å². The van der Waals surface area contributed by atoms with E-state index < -0.39 is 0 Å². The highest BCUT2D eigenvalue weighted by molar-refractivity contribution is 5.75. The summed E-state index contributed by atoms with van der Waals surface area (Å²) in [5, 5.41) is 6.25. The first kappa shape index (κ1) is 14.5. The van der Waals surface area contributed by atoms with Crippen LogP contribution in [0.3, 0.4) is 0 Å². The Kier molecular flexibility index (Phi) is 5.96. The predicted octanol–water partition coefficient (Wildman–Crippen LogP) is 2.17. The van der Waals surface area contributed by atoms with Crippen molar-refractivity contribution in [3.63, 3.8) is 0 Å². The monoisotopic (exact) mass is 240 g/mol. The third kappa shape index (κ3) is 4.66. The summed E-state index contributed by atoms with van der Waals surface area (Å²) >= 11 is 0. The van der Waals surface area contributed by atoms with Gasteiger partial charge in [0.2, 0.25) is 5.91 Å². The number of hydrogen-bond donors (Lipinski definition) is 2. The van der Waals surface area contributed by atoms with E-state index in [1.165, 1.54) is 19.3 Å². The lowest BCUT2D eigenvalue weighted by Gasteiger charge is -2.38. The van der Waals surface area contributed by atoms with Gasteiger partial charge in [-0.3, -0.25) is 4.79 Å². The fourth-order valence-corrected chi connectivity index (χ4v) is 2.93. The third-order valence-electron chi connectivity index (χ3n) is 4.06. The molecule has 1 amide bonds. The molecule has 1 aliphatic rings. The summed E-state index contributed by atoms with van der Waals surface area (Å²) in [6.07, 6.45) is 4.54. The second kappa shape index (κ2) is 7.00. The van der Waals surface area contributed by atoms with E-state index in [9.17, 15) is 4.79 Å². The van der Waals surface area contributed by atoms with Gasteiger partial charge in [-0.2, -0.15) is 0 Å². The van der Waals surface area contributed by atoms with Crippen LogP contribution in [0.2, 0.25) is 0 Å². The Bertz CT molecular complexity index is 240. The minimum Gasteiger partial charge on any atom is -0.359 e. The van der Waals surface area contributed by atoms with Crippen molar-refractivity contribution in [2.24, 2.45) is 17.8 Å². The Balaban J connectivity index is 2.38. The van der Waals surface area contributed by atoms with Crippen LogP contribution < -0.4 is 10.6 Å². The van der Waals surface area contributed by atoms with Gasteiger partial charge >= 0.3 is 0 Å². The Morgan fingerprint density at radius 3 is 2.65 bits per heavy atom. The van der Waals surface area contributed by atoms with E-state index in [2.05, 4.69) is 31.4 Å². The summed E-state index contributed by atoms with van der Waals surface area (Å²) in [7, 11) is 1.70. The van der Waals surface area contributed by atoms with Gasteiger partial charge in [0, 0.05) is 26.1 Å². The lowest BCUT2D eigenvalue weighted by Crippen LogP contribution is -2.43. The Morgan fingerprint density at radius 2 is 2.06 bits per heavy atom. The van der Waals surface area contributed by atoms with Crippen LogP contribution in [0.1, 0.15) is 46.5 Å². The zero-order chi connectivity index (χ0) is 12.8. The van der Waals surface area contributed by atoms with Crippen LogP contribution in [0.25, 0.3) is 0 Å². The molecule has 0 bridgehead atoms. The van der Waals surface area contributed by atoms with Gasteiger partial charge in [0.1, 0.15) is 0 Å². The first-order valence-electron chi connectivity index (χ1n) is 6.98. The maximum Gasteiger partial charge on any atom is 0.221 e. The van der Waals surface area contributed by atoms with Crippen LogP contribution in [-0.4, -0.2) is 25.5 Å². The molecule has 0 saturated heterocycles. The first-order valence-corrected chi connectivity index (χ1v) is 6.98. The summed E-state index contributed by atoms with van der Waals surface area (Å²) in [6, 6.07) is 0.600. The average molecular weight is 240 g/mol. The molecule has 0 heterocycles. The second-order valence-electron chi connectivity index (χ2n) is 5.81. The molecule has 1 fully saturated rings. The Hall–Kier alpha value is -0.570. The van der Waals surface area contributed by atoms with Crippen molar-refractivity contribution in [1.29, 1.82) is 0 Å². The topological polar surface area (TPSA) is 41.1 Å². The molecule has 1 aliphatic carbocycles. The van der Waals surface area contributed by atoms with Crippen molar-refractivity contribution in [2.45, 2.75) is 52.5 Å².